The van der Waals surface area contributed by atoms with E-state index in [1.807, 2.05) is 91.2 Å². The summed E-state index contributed by atoms with van der Waals surface area (Å²) < 4.78 is 7.48. The summed E-state index contributed by atoms with van der Waals surface area (Å²) in [7, 11) is 0. The number of carbonyl (C=O) groups excluding carboxylic acids is 1. The molecule has 0 bridgehead atoms. The number of thioether (sulfide) groups is 1. The zero-order chi connectivity index (χ0) is 26.0. The molecular weight excluding hydrogens is 506 g/mol. The quantitative estimate of drug-likeness (QED) is 0.148. The van der Waals surface area contributed by atoms with Gasteiger partial charge in [-0.3, -0.25) is 9.36 Å². The molecule has 1 amide bonds. The molecule has 0 saturated carbocycles. The van der Waals surface area contributed by atoms with Crippen molar-refractivity contribution >= 4 is 41.6 Å². The van der Waals surface area contributed by atoms with Crippen LogP contribution >= 0.6 is 23.4 Å². The molecule has 7 nitrogen and oxygen atoms in total. The first-order valence-corrected chi connectivity index (χ1v) is 13.0. The number of nitrogens with one attached hydrogen (secondary N) is 1. The lowest BCUT2D eigenvalue weighted by molar-refractivity contribution is -0.118. The van der Waals surface area contributed by atoms with Gasteiger partial charge in [-0.1, -0.05) is 59.8 Å². The molecule has 1 aromatic heterocycles. The van der Waals surface area contributed by atoms with Gasteiger partial charge in [0.05, 0.1) is 18.6 Å². The Morgan fingerprint density at radius 1 is 1.05 bits per heavy atom. The third-order valence-electron chi connectivity index (χ3n) is 5.13. The molecular formula is C28H26ClN5O2S. The molecule has 0 spiro atoms. The normalized spacial score (nSPS) is 11.6. The molecule has 0 fully saturated rings. The Morgan fingerprint density at radius 3 is 2.49 bits per heavy atom. The van der Waals surface area contributed by atoms with Crippen LogP contribution in [0.2, 0.25) is 5.02 Å². The van der Waals surface area contributed by atoms with Gasteiger partial charge in [-0.2, -0.15) is 5.10 Å². The molecule has 0 saturated heterocycles. The van der Waals surface area contributed by atoms with Gasteiger partial charge in [-0.15, -0.1) is 10.2 Å². The number of nitrogens with zero attached hydrogens (tertiary/aromatic N) is 4. The van der Waals surface area contributed by atoms with E-state index in [4.69, 9.17) is 16.3 Å². The molecule has 0 aliphatic heterocycles. The molecule has 0 aliphatic carbocycles. The number of allylic oxidation sites excluding steroid dienone is 1. The van der Waals surface area contributed by atoms with Crippen LogP contribution in [0.15, 0.2) is 94.7 Å². The highest BCUT2D eigenvalue weighted by Gasteiger charge is 2.17. The molecule has 1 heterocycles. The van der Waals surface area contributed by atoms with Crippen molar-refractivity contribution in [3.63, 3.8) is 0 Å². The maximum Gasteiger partial charge on any atom is 0.250 e. The summed E-state index contributed by atoms with van der Waals surface area (Å²) in [5.74, 6) is 1.29. The van der Waals surface area contributed by atoms with Crippen molar-refractivity contribution in [1.29, 1.82) is 0 Å². The number of hydrogen-bond acceptors (Lipinski definition) is 6. The summed E-state index contributed by atoms with van der Waals surface area (Å²) in [4.78, 5) is 12.5. The van der Waals surface area contributed by atoms with Gasteiger partial charge in [0.25, 0.3) is 5.91 Å². The lowest BCUT2D eigenvalue weighted by atomic mass is 10.1. The lowest BCUT2D eigenvalue weighted by Crippen LogP contribution is -2.20. The van der Waals surface area contributed by atoms with E-state index in [0.29, 0.717) is 22.6 Å². The van der Waals surface area contributed by atoms with E-state index < -0.39 is 0 Å². The number of amides is 1. The van der Waals surface area contributed by atoms with E-state index in [2.05, 4.69) is 20.7 Å². The van der Waals surface area contributed by atoms with Gasteiger partial charge in [0, 0.05) is 16.3 Å². The van der Waals surface area contributed by atoms with Crippen molar-refractivity contribution in [2.45, 2.75) is 19.0 Å². The zero-order valence-corrected chi connectivity index (χ0v) is 22.0. The molecule has 0 atom stereocenters. The second kappa shape index (κ2) is 12.9. The summed E-state index contributed by atoms with van der Waals surface area (Å²) in [6.45, 7) is 4.45. The van der Waals surface area contributed by atoms with E-state index in [1.165, 1.54) is 11.8 Å². The minimum Gasteiger partial charge on any atom is -0.494 e. The standard InChI is InChI=1S/C28H26ClN5O2S/c1-3-36-25-15-13-24(14-16-25)34-27(22-9-11-23(29)12-10-22)32-33-28(34)37-19-26(35)31-30-18-20(2)17-21-7-5-4-6-8-21/h4-18H,3,19H2,1-2H3,(H,31,35). The molecule has 37 heavy (non-hydrogen) atoms. The van der Waals surface area contributed by atoms with Crippen LogP contribution in [0, 0.1) is 0 Å². The van der Waals surface area contributed by atoms with Gasteiger partial charge in [-0.05, 0) is 73.5 Å². The molecule has 9 heteroatoms. The number of aromatic nitrogens is 3. The number of hydrazone groups is 1. The summed E-state index contributed by atoms with van der Waals surface area (Å²) in [6.07, 6.45) is 3.61. The Kier molecular flexibility index (Phi) is 9.13. The molecule has 4 aromatic rings. The topological polar surface area (TPSA) is 81.4 Å². The number of benzene rings is 3. The van der Waals surface area contributed by atoms with Crippen LogP contribution in [0.4, 0.5) is 0 Å². The summed E-state index contributed by atoms with van der Waals surface area (Å²) in [5, 5.41) is 14.1. The molecule has 0 aliphatic rings. The van der Waals surface area contributed by atoms with Crippen molar-refractivity contribution in [2.24, 2.45) is 5.10 Å². The molecule has 0 radical (unpaired) electrons. The zero-order valence-electron chi connectivity index (χ0n) is 20.5. The van der Waals surface area contributed by atoms with Crippen molar-refractivity contribution in [3.8, 4) is 22.8 Å². The number of ether oxygens (including phenoxy) is 1. The number of rotatable bonds is 10. The summed E-state index contributed by atoms with van der Waals surface area (Å²) in [5.41, 5.74) is 6.26. The monoisotopic (exact) mass is 531 g/mol. The first kappa shape index (κ1) is 26.2. The summed E-state index contributed by atoms with van der Waals surface area (Å²) >= 11 is 7.35. The molecule has 3 aromatic carbocycles. The average Bonchev–Trinajstić information content (AvgIpc) is 3.33. The Bertz CT molecular complexity index is 1380. The Hall–Kier alpha value is -3.88. The maximum absolute atomic E-state index is 12.5. The minimum atomic E-state index is -0.247. The van der Waals surface area contributed by atoms with Gasteiger partial charge in [-0.25, -0.2) is 5.43 Å². The summed E-state index contributed by atoms with van der Waals surface area (Å²) in [6, 6.07) is 25.0. The van der Waals surface area contributed by atoms with Gasteiger partial charge >= 0.3 is 0 Å². The fraction of sp³-hybridized carbons (Fsp3) is 0.143. The van der Waals surface area contributed by atoms with E-state index in [9.17, 15) is 4.79 Å². The van der Waals surface area contributed by atoms with Gasteiger partial charge in [0.1, 0.15) is 5.75 Å². The molecule has 188 valence electrons. The maximum atomic E-state index is 12.5. The Labute approximate surface area is 225 Å². The van der Waals surface area contributed by atoms with Crippen molar-refractivity contribution in [2.75, 3.05) is 12.4 Å². The van der Waals surface area contributed by atoms with E-state index in [1.54, 1.807) is 18.3 Å². The van der Waals surface area contributed by atoms with Crippen LogP contribution in [-0.4, -0.2) is 39.2 Å². The number of carbonyl (C=O) groups is 1. The van der Waals surface area contributed by atoms with Crippen molar-refractivity contribution in [1.82, 2.24) is 20.2 Å². The van der Waals surface area contributed by atoms with Crippen LogP contribution in [-0.2, 0) is 4.79 Å². The van der Waals surface area contributed by atoms with Gasteiger partial charge in [0.2, 0.25) is 0 Å². The highest BCUT2D eigenvalue weighted by atomic mass is 35.5. The molecule has 4 rings (SSSR count). The first-order valence-electron chi connectivity index (χ1n) is 11.7. The fourth-order valence-electron chi connectivity index (χ4n) is 3.46. The smallest absolute Gasteiger partial charge is 0.250 e. The largest absolute Gasteiger partial charge is 0.494 e. The van der Waals surface area contributed by atoms with Crippen LogP contribution in [0.25, 0.3) is 23.2 Å². The third kappa shape index (κ3) is 7.31. The van der Waals surface area contributed by atoms with Gasteiger partial charge in [0.15, 0.2) is 11.0 Å². The van der Waals surface area contributed by atoms with Crippen LogP contribution < -0.4 is 10.2 Å². The first-order chi connectivity index (χ1) is 18.0. The Morgan fingerprint density at radius 2 is 1.78 bits per heavy atom. The molecule has 0 unspecified atom stereocenters. The Balaban J connectivity index is 1.48. The number of halogens is 1. The van der Waals surface area contributed by atoms with Crippen LogP contribution in [0.5, 0.6) is 5.75 Å². The van der Waals surface area contributed by atoms with Crippen molar-refractivity contribution in [3.05, 3.63) is 95.0 Å². The predicted molar refractivity (Wildman–Crippen MR) is 150 cm³/mol. The van der Waals surface area contributed by atoms with E-state index >= 15 is 0 Å². The SMILES string of the molecule is CCOc1ccc(-n2c(SCC(=O)NN=CC(C)=Cc3ccccc3)nnc2-c2ccc(Cl)cc2)cc1. The highest BCUT2D eigenvalue weighted by molar-refractivity contribution is 7.99. The average molecular weight is 532 g/mol. The van der Waals surface area contributed by atoms with E-state index in [-0.39, 0.29) is 11.7 Å². The van der Waals surface area contributed by atoms with Gasteiger partial charge < -0.3 is 4.74 Å². The minimum absolute atomic E-state index is 0.120. The molecule has 1 N–H and O–H groups in total. The second-order valence-electron chi connectivity index (χ2n) is 7.96. The fourth-order valence-corrected chi connectivity index (χ4v) is 4.33. The van der Waals surface area contributed by atoms with Crippen LogP contribution in [0.3, 0.4) is 0 Å². The second-order valence-corrected chi connectivity index (χ2v) is 9.34. The lowest BCUT2D eigenvalue weighted by Gasteiger charge is -2.11. The van der Waals surface area contributed by atoms with E-state index in [0.717, 1.165) is 28.1 Å². The number of hydrogen-bond donors (Lipinski definition) is 1. The predicted octanol–water partition coefficient (Wildman–Crippen LogP) is 6.28. The highest BCUT2D eigenvalue weighted by Crippen LogP contribution is 2.29. The third-order valence-corrected chi connectivity index (χ3v) is 6.31. The van der Waals surface area contributed by atoms with Crippen LogP contribution in [0.1, 0.15) is 19.4 Å². The van der Waals surface area contributed by atoms with Crippen molar-refractivity contribution < 1.29 is 9.53 Å².